The molecule has 28 heavy (non-hydrogen) atoms. The average Bonchev–Trinajstić information content (AvgIpc) is 3.32. The molecule has 4 N–H and O–H groups in total. The fourth-order valence-corrected chi connectivity index (χ4v) is 5.70. The Morgan fingerprint density at radius 1 is 1.25 bits per heavy atom. The Morgan fingerprint density at radius 3 is 2.82 bits per heavy atom. The largest absolute Gasteiger partial charge is 0.326 e. The van der Waals surface area contributed by atoms with Gasteiger partial charge in [-0.3, -0.25) is 19.7 Å². The van der Waals surface area contributed by atoms with Gasteiger partial charge in [-0.15, -0.1) is 0 Å². The van der Waals surface area contributed by atoms with Gasteiger partial charge < -0.3 is 16.0 Å². The first kappa shape index (κ1) is 17.8. The van der Waals surface area contributed by atoms with Crippen molar-refractivity contribution in [1.29, 1.82) is 0 Å². The number of carbonyl (C=O) groups is 3. The molecule has 0 radical (unpaired) electrons. The number of fused-ring (bicyclic) bond motifs is 3. The van der Waals surface area contributed by atoms with E-state index < -0.39 is 6.04 Å². The lowest BCUT2D eigenvalue weighted by Gasteiger charge is -2.34. The van der Waals surface area contributed by atoms with E-state index in [0.29, 0.717) is 25.1 Å². The Bertz CT molecular complexity index is 869. The zero-order valence-corrected chi connectivity index (χ0v) is 15.9. The Balaban J connectivity index is 1.36. The van der Waals surface area contributed by atoms with Gasteiger partial charge in [-0.05, 0) is 49.1 Å². The van der Waals surface area contributed by atoms with Gasteiger partial charge in [0.1, 0.15) is 6.04 Å². The summed E-state index contributed by atoms with van der Waals surface area (Å²) in [5, 5.41) is 6.05. The standard InChI is InChI=1S/C21H26N4O3/c22-16-8-12-6-7-21(16,9-12)23-10-13-2-1-3-14-11-25(20(28)18(13)14)15-4-5-17(26)24-19(15)27/h1-3,12,15-16,23H,4-11,22H2,(H,24,26,27)/t12-,15?,16+,21+/m0/s1. The maximum Gasteiger partial charge on any atom is 0.255 e. The minimum atomic E-state index is -0.573. The van der Waals surface area contributed by atoms with Crippen molar-refractivity contribution in [2.45, 2.75) is 69.2 Å². The molecule has 7 heteroatoms. The summed E-state index contributed by atoms with van der Waals surface area (Å²) in [4.78, 5) is 38.5. The van der Waals surface area contributed by atoms with E-state index in [1.54, 1.807) is 4.90 Å². The van der Waals surface area contributed by atoms with E-state index in [4.69, 9.17) is 5.73 Å². The molecule has 2 heterocycles. The topological polar surface area (TPSA) is 105 Å². The molecular formula is C21H26N4O3. The van der Waals surface area contributed by atoms with Crippen LogP contribution < -0.4 is 16.4 Å². The quantitative estimate of drug-likeness (QED) is 0.669. The number of benzene rings is 1. The Morgan fingerprint density at radius 2 is 2.11 bits per heavy atom. The van der Waals surface area contributed by atoms with E-state index in [2.05, 4.69) is 10.6 Å². The highest BCUT2D eigenvalue weighted by atomic mass is 16.2. The van der Waals surface area contributed by atoms with Crippen LogP contribution >= 0.6 is 0 Å². The predicted molar refractivity (Wildman–Crippen MR) is 102 cm³/mol. The second-order valence-corrected chi connectivity index (χ2v) is 8.81. The minimum absolute atomic E-state index is 0.00164. The Hall–Kier alpha value is -2.25. The molecule has 2 aliphatic carbocycles. The molecule has 1 saturated heterocycles. The zero-order valence-electron chi connectivity index (χ0n) is 15.9. The van der Waals surface area contributed by atoms with Crippen LogP contribution in [0.1, 0.15) is 60.0 Å². The first-order valence-electron chi connectivity index (χ1n) is 10.2. The van der Waals surface area contributed by atoms with Gasteiger partial charge in [0.2, 0.25) is 11.8 Å². The van der Waals surface area contributed by atoms with E-state index in [1.165, 1.54) is 6.42 Å². The number of imide groups is 1. The van der Waals surface area contributed by atoms with Crippen LogP contribution in [0.4, 0.5) is 0 Å². The zero-order chi connectivity index (χ0) is 19.5. The molecule has 5 rings (SSSR count). The second kappa shape index (κ2) is 6.39. The van der Waals surface area contributed by atoms with Gasteiger partial charge in [0.25, 0.3) is 5.91 Å². The first-order valence-corrected chi connectivity index (χ1v) is 10.2. The van der Waals surface area contributed by atoms with E-state index in [9.17, 15) is 14.4 Å². The number of hydrogen-bond donors (Lipinski definition) is 3. The van der Waals surface area contributed by atoms with Crippen molar-refractivity contribution in [3.63, 3.8) is 0 Å². The summed E-state index contributed by atoms with van der Waals surface area (Å²) in [5.74, 6) is -0.0183. The van der Waals surface area contributed by atoms with Crippen molar-refractivity contribution in [1.82, 2.24) is 15.5 Å². The summed E-state index contributed by atoms with van der Waals surface area (Å²) in [5.41, 5.74) is 9.02. The minimum Gasteiger partial charge on any atom is -0.326 e. The number of hydrogen-bond acceptors (Lipinski definition) is 5. The number of nitrogens with two attached hydrogens (primary N) is 1. The van der Waals surface area contributed by atoms with Gasteiger partial charge in [-0.25, -0.2) is 0 Å². The maximum absolute atomic E-state index is 13.2. The fraction of sp³-hybridized carbons (Fsp3) is 0.571. The van der Waals surface area contributed by atoms with Crippen molar-refractivity contribution in [3.05, 3.63) is 34.9 Å². The molecular weight excluding hydrogens is 356 g/mol. The summed E-state index contributed by atoms with van der Waals surface area (Å²) < 4.78 is 0. The molecule has 3 amide bonds. The van der Waals surface area contributed by atoms with Gasteiger partial charge in [0.05, 0.1) is 0 Å². The molecule has 7 nitrogen and oxygen atoms in total. The normalized spacial score (nSPS) is 34.1. The third-order valence-electron chi connectivity index (χ3n) is 7.22. The Kier molecular flexibility index (Phi) is 4.07. The monoisotopic (exact) mass is 382 g/mol. The van der Waals surface area contributed by atoms with Crippen LogP contribution in [0, 0.1) is 5.92 Å². The molecule has 2 saturated carbocycles. The van der Waals surface area contributed by atoms with Gasteiger partial charge >= 0.3 is 0 Å². The van der Waals surface area contributed by atoms with Crippen molar-refractivity contribution >= 4 is 17.7 Å². The highest BCUT2D eigenvalue weighted by molar-refractivity contribution is 6.05. The lowest BCUT2D eigenvalue weighted by molar-refractivity contribution is -0.136. The molecule has 2 aliphatic heterocycles. The van der Waals surface area contributed by atoms with Crippen LogP contribution in [0.15, 0.2) is 18.2 Å². The number of nitrogens with one attached hydrogen (secondary N) is 2. The maximum atomic E-state index is 13.2. The summed E-state index contributed by atoms with van der Waals surface area (Å²) in [6.07, 6.45) is 5.20. The van der Waals surface area contributed by atoms with Gasteiger partial charge in [0.15, 0.2) is 0 Å². The molecule has 4 atom stereocenters. The van der Waals surface area contributed by atoms with E-state index in [-0.39, 0.29) is 35.7 Å². The number of amides is 3. The van der Waals surface area contributed by atoms with Crippen LogP contribution in [0.3, 0.4) is 0 Å². The lowest BCUT2D eigenvalue weighted by atomic mass is 9.88. The molecule has 0 aromatic heterocycles. The lowest BCUT2D eigenvalue weighted by Crippen LogP contribution is -2.54. The summed E-state index contributed by atoms with van der Waals surface area (Å²) in [6.45, 7) is 1.03. The summed E-state index contributed by atoms with van der Waals surface area (Å²) in [7, 11) is 0. The number of nitrogens with zero attached hydrogens (tertiary/aromatic N) is 1. The van der Waals surface area contributed by atoms with Crippen molar-refractivity contribution in [2.24, 2.45) is 11.7 Å². The van der Waals surface area contributed by atoms with Crippen molar-refractivity contribution in [3.8, 4) is 0 Å². The van der Waals surface area contributed by atoms with Gasteiger partial charge in [0, 0.05) is 36.7 Å². The Labute approximate surface area is 164 Å². The third-order valence-corrected chi connectivity index (χ3v) is 7.22. The number of piperidine rings is 1. The van der Waals surface area contributed by atoms with Crippen LogP contribution in [-0.4, -0.2) is 40.2 Å². The van der Waals surface area contributed by atoms with Crippen LogP contribution in [0.5, 0.6) is 0 Å². The van der Waals surface area contributed by atoms with Crippen LogP contribution in [-0.2, 0) is 22.7 Å². The van der Waals surface area contributed by atoms with Crippen molar-refractivity contribution < 1.29 is 14.4 Å². The fourth-order valence-electron chi connectivity index (χ4n) is 5.70. The molecule has 4 aliphatic rings. The molecule has 1 unspecified atom stereocenters. The molecule has 1 aromatic rings. The number of rotatable bonds is 4. The number of carbonyl (C=O) groups excluding carboxylic acids is 3. The predicted octanol–water partition coefficient (Wildman–Crippen LogP) is 0.807. The van der Waals surface area contributed by atoms with Crippen molar-refractivity contribution in [2.75, 3.05) is 0 Å². The first-order chi connectivity index (χ1) is 13.5. The molecule has 148 valence electrons. The van der Waals surface area contributed by atoms with Gasteiger partial charge in [-0.2, -0.15) is 0 Å². The van der Waals surface area contributed by atoms with E-state index >= 15 is 0 Å². The second-order valence-electron chi connectivity index (χ2n) is 8.81. The SMILES string of the molecule is N[C@@H]1C[C@@H]2CC[C@@]1(NCc1cccc3c1C(=O)N(C1CCC(=O)NC1=O)C3)C2. The smallest absolute Gasteiger partial charge is 0.255 e. The summed E-state index contributed by atoms with van der Waals surface area (Å²) >= 11 is 0. The van der Waals surface area contributed by atoms with E-state index in [1.807, 2.05) is 18.2 Å². The van der Waals surface area contributed by atoms with Crippen LogP contribution in [0.25, 0.3) is 0 Å². The summed E-state index contributed by atoms with van der Waals surface area (Å²) in [6, 6.07) is 5.52. The van der Waals surface area contributed by atoms with Crippen LogP contribution in [0.2, 0.25) is 0 Å². The van der Waals surface area contributed by atoms with E-state index in [0.717, 1.165) is 36.3 Å². The molecule has 0 spiro atoms. The third kappa shape index (κ3) is 2.68. The average molecular weight is 382 g/mol. The highest BCUT2D eigenvalue weighted by Gasteiger charge is 2.50. The molecule has 2 bridgehead atoms. The molecule has 1 aromatic carbocycles. The van der Waals surface area contributed by atoms with Gasteiger partial charge in [-0.1, -0.05) is 18.2 Å². The highest BCUT2D eigenvalue weighted by Crippen LogP contribution is 2.47. The molecule has 3 fully saturated rings.